The van der Waals surface area contributed by atoms with Gasteiger partial charge in [0.25, 0.3) is 0 Å². The molecule has 120 valence electrons. The van der Waals surface area contributed by atoms with E-state index in [1.165, 1.54) is 12.2 Å². The van der Waals surface area contributed by atoms with Gasteiger partial charge in [-0.3, -0.25) is 4.74 Å². The zero-order chi connectivity index (χ0) is 16.0. The smallest absolute Gasteiger partial charge is 0.458 e. The molecule has 0 saturated carbocycles. The van der Waals surface area contributed by atoms with E-state index in [1.54, 1.807) is 13.1 Å². The third-order valence-corrected chi connectivity index (χ3v) is 3.29. The minimum atomic E-state index is -4.62. The summed E-state index contributed by atoms with van der Waals surface area (Å²) in [4.78, 5) is 3.96. The third kappa shape index (κ3) is 5.18. The molecule has 1 unspecified atom stereocenters. The van der Waals surface area contributed by atoms with Gasteiger partial charge in [-0.15, -0.1) is 13.2 Å². The molecule has 22 heavy (non-hydrogen) atoms. The van der Waals surface area contributed by atoms with Crippen molar-refractivity contribution in [1.29, 1.82) is 0 Å². The Morgan fingerprint density at radius 1 is 1.36 bits per heavy atom. The Hall–Kier alpha value is -1.82. The highest BCUT2D eigenvalue weighted by molar-refractivity contribution is 5.61. The van der Waals surface area contributed by atoms with Gasteiger partial charge in [0, 0.05) is 19.7 Å². The summed E-state index contributed by atoms with van der Waals surface area (Å²) >= 11 is 0. The van der Waals surface area contributed by atoms with Gasteiger partial charge in [-0.05, 0) is 43.1 Å². The van der Waals surface area contributed by atoms with Crippen LogP contribution in [0, 0.1) is 0 Å². The molecular weight excluding hydrogens is 295 g/mol. The standard InChI is InChI=1S/C16H18F3NO2/c1-20-11-10-12-4-2-3-5-15(12)21-13-6-8-14(9-7-13)22-16(17,18)19/h3,5-8,11,14H,2,4,9-10H2,1H3. The molecule has 6 heteroatoms. The van der Waals surface area contributed by atoms with Gasteiger partial charge in [-0.2, -0.15) is 0 Å². The molecule has 0 aromatic heterocycles. The van der Waals surface area contributed by atoms with E-state index < -0.39 is 12.5 Å². The lowest BCUT2D eigenvalue weighted by Crippen LogP contribution is -2.23. The first-order valence-corrected chi connectivity index (χ1v) is 7.08. The summed E-state index contributed by atoms with van der Waals surface area (Å²) in [5, 5.41) is 0. The lowest BCUT2D eigenvalue weighted by atomic mass is 10.0. The van der Waals surface area contributed by atoms with Crippen molar-refractivity contribution in [2.24, 2.45) is 4.99 Å². The molecule has 0 bridgehead atoms. The third-order valence-electron chi connectivity index (χ3n) is 3.29. The molecular formula is C16H18F3NO2. The number of halogens is 3. The summed E-state index contributed by atoms with van der Waals surface area (Å²) in [6.45, 7) is 0. The van der Waals surface area contributed by atoms with E-state index in [0.29, 0.717) is 12.2 Å². The largest absolute Gasteiger partial charge is 0.523 e. The number of rotatable bonds is 5. The van der Waals surface area contributed by atoms with Crippen molar-refractivity contribution < 1.29 is 22.6 Å². The first-order valence-electron chi connectivity index (χ1n) is 7.08. The Labute approximate surface area is 127 Å². The molecule has 0 radical (unpaired) electrons. The molecule has 0 aromatic rings. The van der Waals surface area contributed by atoms with Crippen LogP contribution in [0.4, 0.5) is 13.2 Å². The summed E-state index contributed by atoms with van der Waals surface area (Å²) in [5.41, 5.74) is 1.14. The molecule has 0 spiro atoms. The molecule has 0 heterocycles. The molecule has 0 aromatic carbocycles. The molecule has 0 fully saturated rings. The molecule has 0 amide bonds. The molecule has 1 atom stereocenters. The van der Waals surface area contributed by atoms with Gasteiger partial charge >= 0.3 is 6.36 Å². The van der Waals surface area contributed by atoms with E-state index in [1.807, 2.05) is 18.4 Å². The molecule has 2 rings (SSSR count). The SMILES string of the molecule is CN=CCC1=C(OC2=CCC(OC(F)(F)F)C=C2)C=CCC1. The fourth-order valence-electron chi connectivity index (χ4n) is 2.24. The van der Waals surface area contributed by atoms with E-state index in [4.69, 9.17) is 4.74 Å². The summed E-state index contributed by atoms with van der Waals surface area (Å²) < 4.78 is 46.2. The van der Waals surface area contributed by atoms with Crippen LogP contribution in [-0.2, 0) is 9.47 Å². The maximum atomic E-state index is 12.1. The fraction of sp³-hybridized carbons (Fsp3) is 0.438. The Kier molecular flexibility index (Phi) is 5.60. The number of aliphatic imine (C=N–C) groups is 1. The molecule has 3 nitrogen and oxygen atoms in total. The van der Waals surface area contributed by atoms with Crippen molar-refractivity contribution in [3.63, 3.8) is 0 Å². The quantitative estimate of drug-likeness (QED) is 0.702. The van der Waals surface area contributed by atoms with Crippen molar-refractivity contribution >= 4 is 6.21 Å². The van der Waals surface area contributed by atoms with Crippen LogP contribution in [0.1, 0.15) is 25.7 Å². The van der Waals surface area contributed by atoms with Gasteiger partial charge in [0.2, 0.25) is 0 Å². The minimum Gasteiger partial charge on any atom is -0.458 e. The normalized spacial score (nSPS) is 22.4. The first-order chi connectivity index (χ1) is 10.5. The zero-order valence-electron chi connectivity index (χ0n) is 12.3. The highest BCUT2D eigenvalue weighted by atomic mass is 19.4. The van der Waals surface area contributed by atoms with Crippen molar-refractivity contribution in [2.45, 2.75) is 38.1 Å². The number of hydrogen-bond donors (Lipinski definition) is 0. The Bertz CT molecular complexity index is 542. The van der Waals surface area contributed by atoms with Crippen LogP contribution in [0.3, 0.4) is 0 Å². The van der Waals surface area contributed by atoms with Gasteiger partial charge < -0.3 is 9.73 Å². The van der Waals surface area contributed by atoms with Gasteiger partial charge in [0.1, 0.15) is 11.5 Å². The second-order valence-corrected chi connectivity index (χ2v) is 4.96. The number of allylic oxidation sites excluding steroid dienone is 4. The lowest BCUT2D eigenvalue weighted by molar-refractivity contribution is -0.336. The van der Waals surface area contributed by atoms with Crippen molar-refractivity contribution in [3.05, 3.63) is 47.5 Å². The second kappa shape index (κ2) is 7.45. The summed E-state index contributed by atoms with van der Waals surface area (Å²) in [6.07, 6.45) is 7.31. The van der Waals surface area contributed by atoms with Crippen LogP contribution in [0.15, 0.2) is 52.5 Å². The van der Waals surface area contributed by atoms with Gasteiger partial charge in [0.05, 0.1) is 6.10 Å². The molecule has 0 N–H and O–H groups in total. The number of ether oxygens (including phenoxy) is 2. The Balaban J connectivity index is 1.98. The number of hydrogen-bond acceptors (Lipinski definition) is 3. The van der Waals surface area contributed by atoms with Gasteiger partial charge in [-0.25, -0.2) is 0 Å². The van der Waals surface area contributed by atoms with Crippen molar-refractivity contribution in [3.8, 4) is 0 Å². The van der Waals surface area contributed by atoms with E-state index in [0.717, 1.165) is 24.2 Å². The lowest BCUT2D eigenvalue weighted by Gasteiger charge is -2.20. The summed E-state index contributed by atoms with van der Waals surface area (Å²) in [6, 6.07) is 0. The maximum absolute atomic E-state index is 12.1. The average molecular weight is 313 g/mol. The monoisotopic (exact) mass is 313 g/mol. The van der Waals surface area contributed by atoms with Gasteiger partial charge in [0.15, 0.2) is 0 Å². The van der Waals surface area contributed by atoms with Crippen molar-refractivity contribution in [2.75, 3.05) is 7.05 Å². The van der Waals surface area contributed by atoms with Crippen LogP contribution in [0.5, 0.6) is 0 Å². The van der Waals surface area contributed by atoms with Crippen LogP contribution >= 0.6 is 0 Å². The molecule has 0 aliphatic heterocycles. The van der Waals surface area contributed by atoms with Crippen LogP contribution < -0.4 is 0 Å². The summed E-state index contributed by atoms with van der Waals surface area (Å²) in [5.74, 6) is 1.28. The zero-order valence-corrected chi connectivity index (χ0v) is 12.3. The minimum absolute atomic E-state index is 0.133. The maximum Gasteiger partial charge on any atom is 0.523 e. The van der Waals surface area contributed by atoms with E-state index >= 15 is 0 Å². The number of nitrogens with zero attached hydrogens (tertiary/aromatic N) is 1. The van der Waals surface area contributed by atoms with E-state index in [-0.39, 0.29) is 6.42 Å². The summed E-state index contributed by atoms with van der Waals surface area (Å²) in [7, 11) is 1.72. The molecule has 2 aliphatic carbocycles. The van der Waals surface area contributed by atoms with Crippen molar-refractivity contribution in [1.82, 2.24) is 0 Å². The van der Waals surface area contributed by atoms with Gasteiger partial charge in [-0.1, -0.05) is 12.2 Å². The average Bonchev–Trinajstić information content (AvgIpc) is 2.47. The highest BCUT2D eigenvalue weighted by Gasteiger charge is 2.33. The predicted octanol–water partition coefficient (Wildman–Crippen LogP) is 4.45. The van der Waals surface area contributed by atoms with Crippen LogP contribution in [0.2, 0.25) is 0 Å². The highest BCUT2D eigenvalue weighted by Crippen LogP contribution is 2.28. The van der Waals surface area contributed by atoms with Crippen LogP contribution in [-0.4, -0.2) is 25.7 Å². The second-order valence-electron chi connectivity index (χ2n) is 4.96. The fourth-order valence-corrected chi connectivity index (χ4v) is 2.24. The first kappa shape index (κ1) is 16.5. The Morgan fingerprint density at radius 3 is 2.82 bits per heavy atom. The van der Waals surface area contributed by atoms with Crippen LogP contribution in [0.25, 0.3) is 0 Å². The van der Waals surface area contributed by atoms with E-state index in [2.05, 4.69) is 9.73 Å². The number of alkyl halides is 3. The van der Waals surface area contributed by atoms with E-state index in [9.17, 15) is 13.2 Å². The molecule has 0 saturated heterocycles. The predicted molar refractivity (Wildman–Crippen MR) is 78.3 cm³/mol. The molecule has 2 aliphatic rings. The Morgan fingerprint density at radius 2 is 2.18 bits per heavy atom. The topological polar surface area (TPSA) is 30.8 Å².